The van der Waals surface area contributed by atoms with Gasteiger partial charge in [-0.05, 0) is 31.5 Å². The largest absolute Gasteiger partial charge is 0.497 e. The average molecular weight is 253 g/mol. The van der Waals surface area contributed by atoms with Crippen molar-refractivity contribution in [3.63, 3.8) is 0 Å². The van der Waals surface area contributed by atoms with Gasteiger partial charge in [0.2, 0.25) is 0 Å². The van der Waals surface area contributed by atoms with Gasteiger partial charge in [-0.1, -0.05) is 0 Å². The molecule has 1 heterocycles. The molecule has 4 heteroatoms. The third-order valence-corrected chi connectivity index (χ3v) is 4.24. The number of benzene rings is 1. The van der Waals surface area contributed by atoms with E-state index in [1.807, 2.05) is 23.9 Å². The normalized spacial score (nSPS) is 20.0. The summed E-state index contributed by atoms with van der Waals surface area (Å²) in [5.41, 5.74) is 0. The van der Waals surface area contributed by atoms with Crippen molar-refractivity contribution in [3.8, 4) is 11.5 Å². The second kappa shape index (κ2) is 6.17. The SMILES string of the molecule is COc1ccc(SC2CCCNC2)c(OC)c1. The van der Waals surface area contributed by atoms with Gasteiger partial charge in [-0.3, -0.25) is 0 Å². The summed E-state index contributed by atoms with van der Waals surface area (Å²) in [5, 5.41) is 4.07. The summed E-state index contributed by atoms with van der Waals surface area (Å²) in [4.78, 5) is 1.20. The summed E-state index contributed by atoms with van der Waals surface area (Å²) >= 11 is 1.89. The van der Waals surface area contributed by atoms with Crippen LogP contribution in [0.1, 0.15) is 12.8 Å². The maximum atomic E-state index is 5.41. The van der Waals surface area contributed by atoms with Gasteiger partial charge in [-0.15, -0.1) is 11.8 Å². The predicted molar refractivity (Wildman–Crippen MR) is 71.3 cm³/mol. The van der Waals surface area contributed by atoms with Gasteiger partial charge in [0.15, 0.2) is 0 Å². The zero-order valence-electron chi connectivity index (χ0n) is 10.4. The van der Waals surface area contributed by atoms with Crippen molar-refractivity contribution in [1.82, 2.24) is 5.32 Å². The van der Waals surface area contributed by atoms with Gasteiger partial charge >= 0.3 is 0 Å². The molecule has 3 nitrogen and oxygen atoms in total. The molecule has 0 aliphatic carbocycles. The number of hydrogen-bond donors (Lipinski definition) is 1. The monoisotopic (exact) mass is 253 g/mol. The standard InChI is InChI=1S/C13H19NO2S/c1-15-10-5-6-13(12(8-10)16-2)17-11-4-3-7-14-9-11/h5-6,8,11,14H,3-4,7,9H2,1-2H3. The van der Waals surface area contributed by atoms with Crippen LogP contribution >= 0.6 is 11.8 Å². The molecular formula is C13H19NO2S. The van der Waals surface area contributed by atoms with E-state index < -0.39 is 0 Å². The fourth-order valence-corrected chi connectivity index (χ4v) is 3.22. The topological polar surface area (TPSA) is 30.5 Å². The van der Waals surface area contributed by atoms with Gasteiger partial charge in [0.05, 0.1) is 14.2 Å². The van der Waals surface area contributed by atoms with Crippen molar-refractivity contribution in [3.05, 3.63) is 18.2 Å². The van der Waals surface area contributed by atoms with Crippen LogP contribution in [-0.4, -0.2) is 32.6 Å². The van der Waals surface area contributed by atoms with Crippen molar-refractivity contribution in [2.24, 2.45) is 0 Å². The van der Waals surface area contributed by atoms with Gasteiger partial charge in [-0.2, -0.15) is 0 Å². The summed E-state index contributed by atoms with van der Waals surface area (Å²) in [6.07, 6.45) is 2.53. The van der Waals surface area contributed by atoms with E-state index in [4.69, 9.17) is 9.47 Å². The van der Waals surface area contributed by atoms with Crippen LogP contribution in [0.3, 0.4) is 0 Å². The molecule has 94 valence electrons. The first-order valence-electron chi connectivity index (χ1n) is 5.93. The first-order chi connectivity index (χ1) is 8.33. The molecule has 1 aliphatic heterocycles. The molecule has 1 unspecified atom stereocenters. The highest BCUT2D eigenvalue weighted by Gasteiger charge is 2.16. The second-order valence-corrected chi connectivity index (χ2v) is 5.45. The lowest BCUT2D eigenvalue weighted by Gasteiger charge is -2.23. The highest BCUT2D eigenvalue weighted by atomic mass is 32.2. The zero-order valence-corrected chi connectivity index (χ0v) is 11.2. The summed E-state index contributed by atoms with van der Waals surface area (Å²) in [6.45, 7) is 2.23. The van der Waals surface area contributed by atoms with Crippen LogP contribution in [0.25, 0.3) is 0 Å². The molecule has 1 aromatic rings. The Morgan fingerprint density at radius 3 is 2.82 bits per heavy atom. The molecule has 0 saturated carbocycles. The Balaban J connectivity index is 2.08. The molecule has 2 rings (SSSR count). The van der Waals surface area contributed by atoms with Crippen LogP contribution in [0.4, 0.5) is 0 Å². The van der Waals surface area contributed by atoms with E-state index in [0.29, 0.717) is 5.25 Å². The van der Waals surface area contributed by atoms with Gasteiger partial charge in [-0.25, -0.2) is 0 Å². The molecule has 1 saturated heterocycles. The van der Waals surface area contributed by atoms with Gasteiger partial charge in [0.1, 0.15) is 11.5 Å². The van der Waals surface area contributed by atoms with E-state index in [0.717, 1.165) is 24.6 Å². The van der Waals surface area contributed by atoms with Gasteiger partial charge < -0.3 is 14.8 Å². The van der Waals surface area contributed by atoms with Crippen LogP contribution in [0, 0.1) is 0 Å². The lowest BCUT2D eigenvalue weighted by atomic mass is 10.2. The molecule has 0 bridgehead atoms. The minimum atomic E-state index is 0.644. The third-order valence-electron chi connectivity index (χ3n) is 2.92. The Morgan fingerprint density at radius 2 is 2.18 bits per heavy atom. The van der Waals surface area contributed by atoms with Crippen molar-refractivity contribution < 1.29 is 9.47 Å². The Hall–Kier alpha value is -0.870. The molecular weight excluding hydrogens is 234 g/mol. The molecule has 1 aromatic carbocycles. The fraction of sp³-hybridized carbons (Fsp3) is 0.538. The highest BCUT2D eigenvalue weighted by molar-refractivity contribution is 8.00. The number of methoxy groups -OCH3 is 2. The van der Waals surface area contributed by atoms with E-state index in [1.54, 1.807) is 14.2 Å². The maximum Gasteiger partial charge on any atom is 0.136 e. The number of piperidine rings is 1. The Labute approximate surface area is 107 Å². The zero-order chi connectivity index (χ0) is 12.1. The van der Waals surface area contributed by atoms with Gasteiger partial charge in [0, 0.05) is 22.8 Å². The Kier molecular flexibility index (Phi) is 4.57. The summed E-state index contributed by atoms with van der Waals surface area (Å²) in [5.74, 6) is 1.74. The summed E-state index contributed by atoms with van der Waals surface area (Å²) in [6, 6.07) is 6.01. The minimum Gasteiger partial charge on any atom is -0.497 e. The molecule has 1 fully saturated rings. The van der Waals surface area contributed by atoms with Crippen LogP contribution in [0.15, 0.2) is 23.1 Å². The smallest absolute Gasteiger partial charge is 0.136 e. The van der Waals surface area contributed by atoms with E-state index in [2.05, 4.69) is 11.4 Å². The Morgan fingerprint density at radius 1 is 1.29 bits per heavy atom. The molecule has 0 spiro atoms. The minimum absolute atomic E-state index is 0.644. The Bertz CT molecular complexity index is 364. The molecule has 0 radical (unpaired) electrons. The van der Waals surface area contributed by atoms with Crippen molar-refractivity contribution in [2.45, 2.75) is 23.0 Å². The summed E-state index contributed by atoms with van der Waals surface area (Å²) in [7, 11) is 3.38. The average Bonchev–Trinajstić information content (AvgIpc) is 2.40. The van der Waals surface area contributed by atoms with E-state index >= 15 is 0 Å². The molecule has 1 N–H and O–H groups in total. The lowest BCUT2D eigenvalue weighted by Crippen LogP contribution is -2.31. The van der Waals surface area contributed by atoms with Crippen LogP contribution in [0.2, 0.25) is 0 Å². The van der Waals surface area contributed by atoms with Crippen molar-refractivity contribution in [1.29, 1.82) is 0 Å². The first-order valence-corrected chi connectivity index (χ1v) is 6.81. The van der Waals surface area contributed by atoms with Crippen LogP contribution in [-0.2, 0) is 0 Å². The summed E-state index contributed by atoms with van der Waals surface area (Å²) < 4.78 is 10.6. The number of nitrogens with one attached hydrogen (secondary N) is 1. The maximum absolute atomic E-state index is 5.41. The molecule has 0 aromatic heterocycles. The highest BCUT2D eigenvalue weighted by Crippen LogP contribution is 2.36. The predicted octanol–water partition coefficient (Wildman–Crippen LogP) is 2.55. The molecule has 1 atom stereocenters. The molecule has 1 aliphatic rings. The quantitative estimate of drug-likeness (QED) is 0.893. The molecule has 0 amide bonds. The fourth-order valence-electron chi connectivity index (χ4n) is 1.97. The van der Waals surface area contributed by atoms with E-state index in [1.165, 1.54) is 17.7 Å². The van der Waals surface area contributed by atoms with E-state index in [-0.39, 0.29) is 0 Å². The number of thioether (sulfide) groups is 1. The third kappa shape index (κ3) is 3.30. The lowest BCUT2D eigenvalue weighted by molar-refractivity contribution is 0.387. The van der Waals surface area contributed by atoms with Crippen molar-refractivity contribution >= 4 is 11.8 Å². The van der Waals surface area contributed by atoms with E-state index in [9.17, 15) is 0 Å². The number of hydrogen-bond acceptors (Lipinski definition) is 4. The second-order valence-electron chi connectivity index (χ2n) is 4.10. The first kappa shape index (κ1) is 12.6. The van der Waals surface area contributed by atoms with Crippen molar-refractivity contribution in [2.75, 3.05) is 27.3 Å². The van der Waals surface area contributed by atoms with Gasteiger partial charge in [0.25, 0.3) is 0 Å². The van der Waals surface area contributed by atoms with Crippen LogP contribution < -0.4 is 14.8 Å². The number of ether oxygens (including phenoxy) is 2. The van der Waals surface area contributed by atoms with Crippen LogP contribution in [0.5, 0.6) is 11.5 Å². The molecule has 17 heavy (non-hydrogen) atoms. The number of rotatable bonds is 4.